The molecule has 0 saturated carbocycles. The van der Waals surface area contributed by atoms with Gasteiger partial charge in [0.2, 0.25) is 15.8 Å². The molecule has 30 heavy (non-hydrogen) atoms. The number of rotatable bonds is 7. The van der Waals surface area contributed by atoms with Crippen LogP contribution in [0.1, 0.15) is 33.6 Å². The van der Waals surface area contributed by atoms with Crippen molar-refractivity contribution in [2.75, 3.05) is 38.7 Å². The smallest absolute Gasteiger partial charge is 0.340 e. The van der Waals surface area contributed by atoms with Gasteiger partial charge in [0, 0.05) is 37.2 Å². The van der Waals surface area contributed by atoms with Crippen LogP contribution in [0.2, 0.25) is 0 Å². The minimum Gasteiger partial charge on any atom is -0.454 e. The van der Waals surface area contributed by atoms with Gasteiger partial charge < -0.3 is 9.64 Å². The van der Waals surface area contributed by atoms with Crippen LogP contribution in [0.15, 0.2) is 51.8 Å². The molecule has 160 valence electrons. The van der Waals surface area contributed by atoms with Crippen LogP contribution in [0.4, 0.5) is 5.69 Å². The molecule has 0 spiro atoms. The Kier molecular flexibility index (Phi) is 6.95. The molecule has 0 radical (unpaired) electrons. The molecule has 1 saturated heterocycles. The lowest BCUT2D eigenvalue weighted by atomic mass is 10.1. The molecule has 2 aromatic rings. The normalized spacial score (nSPS) is 14.2. The average Bonchev–Trinajstić information content (AvgIpc) is 3.26. The Morgan fingerprint density at radius 3 is 2.37 bits per heavy atom. The first-order valence-electron chi connectivity index (χ1n) is 9.48. The minimum absolute atomic E-state index is 0.000438. The molecule has 3 rings (SSSR count). The van der Waals surface area contributed by atoms with Crippen LogP contribution in [0.3, 0.4) is 0 Å². The predicted molar refractivity (Wildman–Crippen MR) is 118 cm³/mol. The van der Waals surface area contributed by atoms with E-state index in [1.54, 1.807) is 30.3 Å². The summed E-state index contributed by atoms with van der Waals surface area (Å²) in [5, 5.41) is 0. The number of hydrogen-bond acceptors (Lipinski definition) is 6. The van der Waals surface area contributed by atoms with Gasteiger partial charge in [-0.25, -0.2) is 17.5 Å². The van der Waals surface area contributed by atoms with E-state index in [9.17, 15) is 18.0 Å². The maximum absolute atomic E-state index is 12.9. The molecular formula is C21H23BrN2O5S. The fourth-order valence-corrected chi connectivity index (χ4v) is 4.69. The summed E-state index contributed by atoms with van der Waals surface area (Å²) in [6.07, 6.45) is 1.99. The van der Waals surface area contributed by atoms with Crippen molar-refractivity contribution >= 4 is 43.4 Å². The highest BCUT2D eigenvalue weighted by Crippen LogP contribution is 2.29. The van der Waals surface area contributed by atoms with Gasteiger partial charge in [-0.2, -0.15) is 0 Å². The summed E-state index contributed by atoms with van der Waals surface area (Å²) < 4.78 is 32.0. The zero-order chi connectivity index (χ0) is 21.9. The second kappa shape index (κ2) is 9.28. The first-order valence-corrected chi connectivity index (χ1v) is 11.7. The molecule has 0 amide bonds. The molecule has 0 aromatic heterocycles. The van der Waals surface area contributed by atoms with Gasteiger partial charge in [-0.3, -0.25) is 4.79 Å². The zero-order valence-electron chi connectivity index (χ0n) is 16.8. The zero-order valence-corrected chi connectivity index (χ0v) is 19.2. The number of halogens is 1. The van der Waals surface area contributed by atoms with Crippen LogP contribution in [0.25, 0.3) is 0 Å². The summed E-state index contributed by atoms with van der Waals surface area (Å²) in [6, 6.07) is 11.3. The van der Waals surface area contributed by atoms with Crippen molar-refractivity contribution in [3.8, 4) is 0 Å². The maximum atomic E-state index is 12.9. The van der Waals surface area contributed by atoms with Crippen LogP contribution in [-0.4, -0.2) is 58.3 Å². The topological polar surface area (TPSA) is 84.0 Å². The van der Waals surface area contributed by atoms with Crippen molar-refractivity contribution in [1.82, 2.24) is 4.31 Å². The minimum atomic E-state index is -3.72. The molecule has 1 aliphatic heterocycles. The number of carbonyl (C=O) groups is 2. The number of ether oxygens (including phenoxy) is 1. The molecule has 0 aliphatic carbocycles. The molecule has 9 heteroatoms. The van der Waals surface area contributed by atoms with E-state index < -0.39 is 22.6 Å². The van der Waals surface area contributed by atoms with Crippen LogP contribution in [0, 0.1) is 0 Å². The number of ketones is 1. The second-order valence-corrected chi connectivity index (χ2v) is 10.1. The molecule has 1 heterocycles. The van der Waals surface area contributed by atoms with Gasteiger partial charge >= 0.3 is 5.97 Å². The van der Waals surface area contributed by atoms with Gasteiger partial charge in [0.05, 0.1) is 16.1 Å². The fraction of sp³-hybridized carbons (Fsp3) is 0.333. The predicted octanol–water partition coefficient (Wildman–Crippen LogP) is 3.34. The number of nitrogens with zero attached hydrogens (tertiary/aromatic N) is 2. The van der Waals surface area contributed by atoms with E-state index >= 15 is 0 Å². The van der Waals surface area contributed by atoms with Gasteiger partial charge in [-0.1, -0.05) is 34.1 Å². The Balaban J connectivity index is 1.88. The summed E-state index contributed by atoms with van der Waals surface area (Å²) in [5.41, 5.74) is 1.16. The number of Topliss-reactive ketones (excluding diaryl/α,β-unsaturated/α-hetero) is 1. The third kappa shape index (κ3) is 4.74. The first-order chi connectivity index (χ1) is 14.2. The van der Waals surface area contributed by atoms with Crippen LogP contribution in [0.5, 0.6) is 0 Å². The molecule has 0 unspecified atom stereocenters. The molecular weight excluding hydrogens is 472 g/mol. The number of esters is 1. The van der Waals surface area contributed by atoms with Crippen molar-refractivity contribution in [2.24, 2.45) is 0 Å². The van der Waals surface area contributed by atoms with E-state index in [2.05, 4.69) is 15.9 Å². The number of anilines is 1. The van der Waals surface area contributed by atoms with Crippen molar-refractivity contribution in [1.29, 1.82) is 0 Å². The van der Waals surface area contributed by atoms with Gasteiger partial charge in [0.1, 0.15) is 0 Å². The Morgan fingerprint density at radius 2 is 1.73 bits per heavy atom. The molecule has 0 N–H and O–H groups in total. The molecule has 0 atom stereocenters. The van der Waals surface area contributed by atoms with Crippen molar-refractivity contribution in [2.45, 2.75) is 17.7 Å². The van der Waals surface area contributed by atoms with Gasteiger partial charge in [-0.05, 0) is 37.1 Å². The highest BCUT2D eigenvalue weighted by atomic mass is 79.9. The lowest BCUT2D eigenvalue weighted by Crippen LogP contribution is -2.25. The summed E-state index contributed by atoms with van der Waals surface area (Å²) in [7, 11) is -0.862. The van der Waals surface area contributed by atoms with Gasteiger partial charge in [-0.15, -0.1) is 0 Å². The van der Waals surface area contributed by atoms with E-state index in [-0.39, 0.29) is 16.2 Å². The second-order valence-electron chi connectivity index (χ2n) is 7.14. The van der Waals surface area contributed by atoms with Gasteiger partial charge in [0.15, 0.2) is 6.61 Å². The van der Waals surface area contributed by atoms with E-state index in [4.69, 9.17) is 4.74 Å². The largest absolute Gasteiger partial charge is 0.454 e. The lowest BCUT2D eigenvalue weighted by molar-refractivity contribution is 0.0475. The summed E-state index contributed by atoms with van der Waals surface area (Å²) in [4.78, 5) is 27.3. The number of benzene rings is 2. The molecule has 2 aromatic carbocycles. The van der Waals surface area contributed by atoms with Crippen molar-refractivity contribution in [3.05, 3.63) is 58.1 Å². The summed E-state index contributed by atoms with van der Waals surface area (Å²) in [6.45, 7) is 1.11. The first kappa shape index (κ1) is 22.5. The third-order valence-electron chi connectivity index (χ3n) is 4.92. The molecule has 0 bridgehead atoms. The lowest BCUT2D eigenvalue weighted by Gasteiger charge is -2.22. The number of sulfonamides is 1. The SMILES string of the molecule is CN(C)S(=O)(=O)c1ccc(N2CCCC2)c(C(=O)OCC(=O)c2ccccc2Br)c1. The average molecular weight is 495 g/mol. The Bertz CT molecular complexity index is 1060. The summed E-state index contributed by atoms with van der Waals surface area (Å²) >= 11 is 3.31. The van der Waals surface area contributed by atoms with E-state index in [1.807, 2.05) is 4.90 Å². The highest BCUT2D eigenvalue weighted by molar-refractivity contribution is 9.10. The van der Waals surface area contributed by atoms with Crippen molar-refractivity contribution in [3.63, 3.8) is 0 Å². The van der Waals surface area contributed by atoms with Crippen LogP contribution < -0.4 is 4.90 Å². The van der Waals surface area contributed by atoms with Crippen molar-refractivity contribution < 1.29 is 22.7 Å². The summed E-state index contributed by atoms with van der Waals surface area (Å²) in [5.74, 6) is -1.08. The van der Waals surface area contributed by atoms with E-state index in [0.29, 0.717) is 15.7 Å². The fourth-order valence-electron chi connectivity index (χ4n) is 3.26. The Hall–Kier alpha value is -2.23. The standard InChI is InChI=1S/C21H23BrN2O5S/c1-23(2)30(27,28)15-9-10-19(24-11-5-6-12-24)17(13-15)21(26)29-14-20(25)16-7-3-4-8-18(16)22/h3-4,7-10,13H,5-6,11-12,14H2,1-2H3. The third-order valence-corrected chi connectivity index (χ3v) is 7.42. The number of hydrogen-bond donors (Lipinski definition) is 0. The van der Waals surface area contributed by atoms with E-state index in [1.165, 1.54) is 26.2 Å². The monoisotopic (exact) mass is 494 g/mol. The maximum Gasteiger partial charge on any atom is 0.340 e. The highest BCUT2D eigenvalue weighted by Gasteiger charge is 2.26. The number of carbonyl (C=O) groups excluding carboxylic acids is 2. The van der Waals surface area contributed by atoms with Crippen LogP contribution in [-0.2, 0) is 14.8 Å². The van der Waals surface area contributed by atoms with Crippen LogP contribution >= 0.6 is 15.9 Å². The molecule has 7 nitrogen and oxygen atoms in total. The molecule has 1 fully saturated rings. The quantitative estimate of drug-likeness (QED) is 0.433. The Labute approximate surface area is 184 Å². The van der Waals surface area contributed by atoms with Gasteiger partial charge in [0.25, 0.3) is 0 Å². The molecule has 1 aliphatic rings. The van der Waals surface area contributed by atoms with E-state index in [0.717, 1.165) is 30.2 Å². The Morgan fingerprint density at radius 1 is 1.07 bits per heavy atom.